The van der Waals surface area contributed by atoms with E-state index in [0.717, 1.165) is 70.6 Å². The van der Waals surface area contributed by atoms with Crippen LogP contribution in [0, 0.1) is 0 Å². The van der Waals surface area contributed by atoms with Gasteiger partial charge < -0.3 is 20.1 Å². The molecule has 0 spiro atoms. The molecule has 0 aliphatic heterocycles. The summed E-state index contributed by atoms with van der Waals surface area (Å²) in [7, 11) is -4.39. The summed E-state index contributed by atoms with van der Waals surface area (Å²) in [6.07, 6.45) is 54.0. The SMILES string of the molecule is CC/C=C\C/C=C\C/C=C\C/C=C\CCCCCCC(=O)OC(COC(=O)CCCCCCCCCCC/C=C\CCCCCCCCCC)COP(=O)(O)OCCN. The molecule has 0 saturated heterocycles. The van der Waals surface area contributed by atoms with E-state index in [1.54, 1.807) is 0 Å². The fraction of sp³-hybridized carbons (Fsp3) is 0.755. The van der Waals surface area contributed by atoms with Gasteiger partial charge in [0, 0.05) is 19.4 Å². The number of phosphoric acid groups is 1. The number of phosphoric ester groups is 1. The molecule has 0 aliphatic carbocycles. The zero-order valence-corrected chi connectivity index (χ0v) is 38.6. The van der Waals surface area contributed by atoms with Crippen LogP contribution in [0.25, 0.3) is 0 Å². The maximum atomic E-state index is 12.6. The topological polar surface area (TPSA) is 134 Å². The number of allylic oxidation sites excluding steroid dienone is 10. The predicted molar refractivity (Wildman–Crippen MR) is 247 cm³/mol. The largest absolute Gasteiger partial charge is 0.472 e. The van der Waals surface area contributed by atoms with E-state index in [9.17, 15) is 19.0 Å². The van der Waals surface area contributed by atoms with Gasteiger partial charge in [0.05, 0.1) is 13.2 Å². The Morgan fingerprint density at radius 2 is 0.932 bits per heavy atom. The molecular weight excluding hydrogens is 762 g/mol. The summed E-state index contributed by atoms with van der Waals surface area (Å²) in [5.74, 6) is -0.858. The molecule has 0 fully saturated rings. The van der Waals surface area contributed by atoms with Crippen LogP contribution in [-0.4, -0.2) is 49.3 Å². The Hall–Kier alpha value is -2.29. The van der Waals surface area contributed by atoms with Gasteiger partial charge in [-0.1, -0.05) is 177 Å². The van der Waals surface area contributed by atoms with Crippen molar-refractivity contribution in [3.8, 4) is 0 Å². The second-order valence-electron chi connectivity index (χ2n) is 15.6. The van der Waals surface area contributed by atoms with Gasteiger partial charge in [-0.3, -0.25) is 18.6 Å². The summed E-state index contributed by atoms with van der Waals surface area (Å²) < 4.78 is 32.8. The van der Waals surface area contributed by atoms with Crippen molar-refractivity contribution in [2.24, 2.45) is 5.73 Å². The summed E-state index contributed by atoms with van der Waals surface area (Å²) in [5, 5.41) is 0. The molecule has 0 saturated carbocycles. The van der Waals surface area contributed by atoms with E-state index in [2.05, 4.69) is 74.6 Å². The maximum absolute atomic E-state index is 12.6. The molecule has 59 heavy (non-hydrogen) atoms. The van der Waals surface area contributed by atoms with Crippen LogP contribution >= 0.6 is 7.82 Å². The second-order valence-corrected chi connectivity index (χ2v) is 17.0. The third-order valence-electron chi connectivity index (χ3n) is 9.89. The number of unbranched alkanes of at least 4 members (excludes halogenated alkanes) is 21. The Bertz CT molecular complexity index is 1150. The van der Waals surface area contributed by atoms with Gasteiger partial charge >= 0.3 is 19.8 Å². The van der Waals surface area contributed by atoms with E-state index in [-0.39, 0.29) is 32.6 Å². The molecule has 2 atom stereocenters. The van der Waals surface area contributed by atoms with Crippen molar-refractivity contribution in [1.82, 2.24) is 0 Å². The Labute approximate surface area is 361 Å². The molecule has 3 N–H and O–H groups in total. The monoisotopic (exact) mass is 850 g/mol. The summed E-state index contributed by atoms with van der Waals surface area (Å²) in [6.45, 7) is 3.60. The van der Waals surface area contributed by atoms with Crippen molar-refractivity contribution >= 4 is 19.8 Å². The molecule has 0 aliphatic rings. The third kappa shape index (κ3) is 45.1. The number of esters is 2. The van der Waals surface area contributed by atoms with E-state index in [4.69, 9.17) is 24.3 Å². The van der Waals surface area contributed by atoms with Gasteiger partial charge in [-0.2, -0.15) is 0 Å². The van der Waals surface area contributed by atoms with Gasteiger partial charge in [-0.05, 0) is 77.0 Å². The minimum absolute atomic E-state index is 0.0466. The smallest absolute Gasteiger partial charge is 0.462 e. The summed E-state index contributed by atoms with van der Waals surface area (Å²) in [6, 6.07) is 0. The lowest BCUT2D eigenvalue weighted by molar-refractivity contribution is -0.161. The number of hydrogen-bond acceptors (Lipinski definition) is 8. The van der Waals surface area contributed by atoms with E-state index in [1.807, 2.05) is 0 Å². The van der Waals surface area contributed by atoms with Crippen LogP contribution in [0.2, 0.25) is 0 Å². The number of ether oxygens (including phenoxy) is 2. The van der Waals surface area contributed by atoms with Crippen molar-refractivity contribution in [3.63, 3.8) is 0 Å². The van der Waals surface area contributed by atoms with Crippen LogP contribution < -0.4 is 5.73 Å². The molecule has 0 amide bonds. The highest BCUT2D eigenvalue weighted by Crippen LogP contribution is 2.43. The maximum Gasteiger partial charge on any atom is 0.472 e. The first-order chi connectivity index (χ1) is 28.8. The van der Waals surface area contributed by atoms with Crippen molar-refractivity contribution in [2.75, 3.05) is 26.4 Å². The van der Waals surface area contributed by atoms with Crippen LogP contribution in [0.5, 0.6) is 0 Å². The quantitative estimate of drug-likeness (QED) is 0.0266. The lowest BCUT2D eigenvalue weighted by Crippen LogP contribution is -2.29. The molecule has 0 radical (unpaired) electrons. The highest BCUT2D eigenvalue weighted by atomic mass is 31.2. The fourth-order valence-corrected chi connectivity index (χ4v) is 7.15. The molecule has 0 aromatic carbocycles. The predicted octanol–water partition coefficient (Wildman–Crippen LogP) is 14.1. The molecule has 342 valence electrons. The Kier molecular flexibility index (Phi) is 43.5. The summed E-state index contributed by atoms with van der Waals surface area (Å²) in [5.41, 5.74) is 5.35. The van der Waals surface area contributed by atoms with Gasteiger partial charge in [0.15, 0.2) is 6.10 Å². The van der Waals surface area contributed by atoms with Crippen molar-refractivity contribution in [3.05, 3.63) is 60.8 Å². The number of nitrogens with two attached hydrogens (primary N) is 1. The van der Waals surface area contributed by atoms with Gasteiger partial charge in [-0.25, -0.2) is 4.57 Å². The highest BCUT2D eigenvalue weighted by molar-refractivity contribution is 7.47. The average molecular weight is 850 g/mol. The lowest BCUT2D eigenvalue weighted by Gasteiger charge is -2.19. The van der Waals surface area contributed by atoms with E-state index >= 15 is 0 Å². The zero-order chi connectivity index (χ0) is 43.2. The van der Waals surface area contributed by atoms with E-state index in [1.165, 1.54) is 103 Å². The molecule has 10 heteroatoms. The molecular formula is C49H88NO8P. The number of hydrogen-bond donors (Lipinski definition) is 2. The summed E-state index contributed by atoms with van der Waals surface area (Å²) in [4.78, 5) is 35.0. The Balaban J connectivity index is 4.12. The first-order valence-corrected chi connectivity index (χ1v) is 25.3. The van der Waals surface area contributed by atoms with Crippen LogP contribution in [0.4, 0.5) is 0 Å². The van der Waals surface area contributed by atoms with Crippen LogP contribution in [0.3, 0.4) is 0 Å². The molecule has 0 bridgehead atoms. The fourth-order valence-electron chi connectivity index (χ4n) is 6.39. The zero-order valence-electron chi connectivity index (χ0n) is 37.7. The van der Waals surface area contributed by atoms with E-state index in [0.29, 0.717) is 6.42 Å². The first kappa shape index (κ1) is 56.7. The summed E-state index contributed by atoms with van der Waals surface area (Å²) >= 11 is 0. The van der Waals surface area contributed by atoms with Gasteiger partial charge in [0.2, 0.25) is 0 Å². The highest BCUT2D eigenvalue weighted by Gasteiger charge is 2.26. The average Bonchev–Trinajstić information content (AvgIpc) is 3.22. The van der Waals surface area contributed by atoms with Crippen LogP contribution in [-0.2, 0) is 32.7 Å². The van der Waals surface area contributed by atoms with Crippen molar-refractivity contribution in [2.45, 2.75) is 213 Å². The van der Waals surface area contributed by atoms with Gasteiger partial charge in [0.25, 0.3) is 0 Å². The molecule has 9 nitrogen and oxygen atoms in total. The minimum Gasteiger partial charge on any atom is -0.462 e. The van der Waals surface area contributed by atoms with Crippen LogP contribution in [0.15, 0.2) is 60.8 Å². The molecule has 0 heterocycles. The molecule has 0 aromatic heterocycles. The van der Waals surface area contributed by atoms with Crippen LogP contribution in [0.1, 0.15) is 206 Å². The van der Waals surface area contributed by atoms with Gasteiger partial charge in [0.1, 0.15) is 6.61 Å². The number of carbonyl (C=O) groups excluding carboxylic acids is 2. The minimum atomic E-state index is -4.39. The van der Waals surface area contributed by atoms with Crippen molar-refractivity contribution < 1.29 is 37.6 Å². The number of carbonyl (C=O) groups is 2. The normalized spacial score (nSPS) is 13.8. The third-order valence-corrected chi connectivity index (χ3v) is 10.9. The molecule has 0 aromatic rings. The number of rotatable bonds is 44. The lowest BCUT2D eigenvalue weighted by atomic mass is 10.1. The molecule has 0 rings (SSSR count). The Morgan fingerprint density at radius 3 is 1.41 bits per heavy atom. The van der Waals surface area contributed by atoms with Gasteiger partial charge in [-0.15, -0.1) is 0 Å². The standard InChI is InChI=1S/C49H88NO8P/c1-3-5-7-9-11-13-15-17-19-21-22-23-24-26-27-29-31-33-35-37-39-41-48(51)55-45-47(46-57-59(53,54)56-44-43-50)58-49(52)42-40-38-36-34-32-30-28-25-20-18-16-14-12-10-8-6-4-2/h6,8,12,14,18,20-22,28,30,47H,3-5,7,9-11,13,15-17,19,23-27,29,31-46,50H2,1-2H3,(H,53,54)/b8-6-,14-12-,20-18-,22-21-,30-28-. The molecule has 2 unspecified atom stereocenters. The van der Waals surface area contributed by atoms with Crippen molar-refractivity contribution in [1.29, 1.82) is 0 Å². The van der Waals surface area contributed by atoms with E-state index < -0.39 is 32.5 Å². The second kappa shape index (κ2) is 45.2. The Morgan fingerprint density at radius 1 is 0.525 bits per heavy atom. The first-order valence-electron chi connectivity index (χ1n) is 23.8.